The summed E-state index contributed by atoms with van der Waals surface area (Å²) in [6.07, 6.45) is 4.17. The Hall–Kier alpha value is -1.90. The number of rotatable bonds is 8. The number of fused-ring (bicyclic) bond motifs is 4. The standard InChI is InChI=1S/C22H29N3O4S/c1-4-13-6-7-15-14(12-13)22(21(28)23-15)18-17(16(24-22)8-11-30-3)19(26)25(20(18)27)9-5-10-29-2/h6-7,12,16-18,24H,4-5,8-11H2,1-3H3,(H,23,28). The molecule has 2 saturated heterocycles. The van der Waals surface area contributed by atoms with E-state index in [1.165, 1.54) is 4.90 Å². The molecule has 0 aliphatic carbocycles. The van der Waals surface area contributed by atoms with Crippen LogP contribution in [0.4, 0.5) is 5.69 Å². The number of carbonyl (C=O) groups is 3. The first-order valence-corrected chi connectivity index (χ1v) is 11.9. The lowest BCUT2D eigenvalue weighted by Gasteiger charge is -2.29. The highest BCUT2D eigenvalue weighted by Gasteiger charge is 2.70. The van der Waals surface area contributed by atoms with E-state index in [2.05, 4.69) is 17.6 Å². The van der Waals surface area contributed by atoms with Crippen LogP contribution in [-0.2, 0) is 31.1 Å². The second-order valence-electron chi connectivity index (χ2n) is 8.21. The van der Waals surface area contributed by atoms with Gasteiger partial charge in [0.25, 0.3) is 0 Å². The van der Waals surface area contributed by atoms with Crippen molar-refractivity contribution < 1.29 is 19.1 Å². The van der Waals surface area contributed by atoms with Gasteiger partial charge in [-0.15, -0.1) is 0 Å². The smallest absolute Gasteiger partial charge is 0.250 e. The minimum Gasteiger partial charge on any atom is -0.385 e. The van der Waals surface area contributed by atoms with E-state index in [1.807, 2.05) is 24.5 Å². The third kappa shape index (κ3) is 3.08. The van der Waals surface area contributed by atoms with E-state index in [1.54, 1.807) is 18.9 Å². The Labute approximate surface area is 181 Å². The number of aryl methyl sites for hydroxylation is 1. The van der Waals surface area contributed by atoms with Crippen molar-refractivity contribution in [3.63, 3.8) is 0 Å². The first-order chi connectivity index (χ1) is 14.5. The molecule has 2 fully saturated rings. The highest BCUT2D eigenvalue weighted by atomic mass is 32.2. The molecule has 4 rings (SSSR count). The molecule has 0 saturated carbocycles. The predicted octanol–water partition coefficient (Wildman–Crippen LogP) is 1.76. The average molecular weight is 432 g/mol. The monoisotopic (exact) mass is 431 g/mol. The first-order valence-electron chi connectivity index (χ1n) is 10.5. The summed E-state index contributed by atoms with van der Waals surface area (Å²) in [6.45, 7) is 2.87. The van der Waals surface area contributed by atoms with Gasteiger partial charge in [0, 0.05) is 37.6 Å². The highest BCUT2D eigenvalue weighted by Crippen LogP contribution is 2.53. The summed E-state index contributed by atoms with van der Waals surface area (Å²) in [7, 11) is 1.60. The molecule has 0 aromatic heterocycles. The molecule has 7 nitrogen and oxygen atoms in total. The zero-order valence-corrected chi connectivity index (χ0v) is 18.5. The molecule has 30 heavy (non-hydrogen) atoms. The van der Waals surface area contributed by atoms with Gasteiger partial charge in [0.15, 0.2) is 0 Å². The molecule has 1 aromatic rings. The van der Waals surface area contributed by atoms with Gasteiger partial charge in [-0.3, -0.25) is 24.6 Å². The quantitative estimate of drug-likeness (QED) is 0.482. The van der Waals surface area contributed by atoms with E-state index >= 15 is 0 Å². The predicted molar refractivity (Wildman–Crippen MR) is 116 cm³/mol. The average Bonchev–Trinajstić information content (AvgIpc) is 3.32. The molecule has 4 atom stereocenters. The van der Waals surface area contributed by atoms with Crippen LogP contribution in [0.3, 0.4) is 0 Å². The Kier molecular flexibility index (Phi) is 5.92. The van der Waals surface area contributed by atoms with Crippen molar-refractivity contribution in [1.82, 2.24) is 10.2 Å². The van der Waals surface area contributed by atoms with Crippen LogP contribution in [0.2, 0.25) is 0 Å². The van der Waals surface area contributed by atoms with Crippen LogP contribution >= 0.6 is 11.8 Å². The van der Waals surface area contributed by atoms with Crippen LogP contribution in [0.15, 0.2) is 18.2 Å². The fourth-order valence-corrected chi connectivity index (χ4v) is 5.70. The lowest BCUT2D eigenvalue weighted by molar-refractivity contribution is -0.143. The van der Waals surface area contributed by atoms with Gasteiger partial charge in [0.1, 0.15) is 5.54 Å². The van der Waals surface area contributed by atoms with E-state index in [-0.39, 0.29) is 23.8 Å². The number of anilines is 1. The van der Waals surface area contributed by atoms with Crippen LogP contribution in [0.1, 0.15) is 30.9 Å². The highest BCUT2D eigenvalue weighted by molar-refractivity contribution is 7.98. The van der Waals surface area contributed by atoms with Crippen LogP contribution in [0, 0.1) is 11.8 Å². The summed E-state index contributed by atoms with van der Waals surface area (Å²) >= 11 is 1.70. The number of ether oxygens (including phenoxy) is 1. The Bertz CT molecular complexity index is 876. The topological polar surface area (TPSA) is 87.7 Å². The second kappa shape index (κ2) is 8.32. The number of amides is 3. The van der Waals surface area contributed by atoms with E-state index in [0.717, 1.165) is 35.4 Å². The Morgan fingerprint density at radius 1 is 1.23 bits per heavy atom. The number of carbonyl (C=O) groups excluding carboxylic acids is 3. The summed E-state index contributed by atoms with van der Waals surface area (Å²) in [5, 5.41) is 6.46. The fraction of sp³-hybridized carbons (Fsp3) is 0.591. The van der Waals surface area contributed by atoms with Crippen molar-refractivity contribution in [3.05, 3.63) is 29.3 Å². The first kappa shape index (κ1) is 21.3. The number of methoxy groups -OCH3 is 1. The number of thioether (sulfide) groups is 1. The van der Waals surface area contributed by atoms with Crippen LogP contribution in [0.25, 0.3) is 0 Å². The molecule has 3 amide bonds. The van der Waals surface area contributed by atoms with E-state index in [0.29, 0.717) is 19.6 Å². The molecule has 3 aliphatic rings. The number of imide groups is 1. The van der Waals surface area contributed by atoms with Gasteiger partial charge in [-0.05, 0) is 42.9 Å². The third-order valence-corrected chi connectivity index (χ3v) is 7.29. The number of likely N-dealkylation sites (tertiary alicyclic amines) is 1. The largest absolute Gasteiger partial charge is 0.385 e. The zero-order chi connectivity index (χ0) is 21.5. The SMILES string of the molecule is CCc1ccc2c(c1)C1(NC(CCSC)C3C(=O)N(CCCOC)C(=O)C31)C(=O)N2. The van der Waals surface area contributed by atoms with E-state index < -0.39 is 17.4 Å². The van der Waals surface area contributed by atoms with Gasteiger partial charge >= 0.3 is 0 Å². The van der Waals surface area contributed by atoms with Crippen molar-refractivity contribution >= 4 is 35.2 Å². The van der Waals surface area contributed by atoms with Gasteiger partial charge in [-0.1, -0.05) is 19.1 Å². The molecule has 1 spiro atoms. The minimum atomic E-state index is -1.18. The minimum absolute atomic E-state index is 0.163. The zero-order valence-electron chi connectivity index (χ0n) is 17.7. The molecule has 162 valence electrons. The van der Waals surface area contributed by atoms with Crippen molar-refractivity contribution in [2.75, 3.05) is 37.6 Å². The molecule has 2 N–H and O–H groups in total. The third-order valence-electron chi connectivity index (χ3n) is 6.64. The maximum absolute atomic E-state index is 13.5. The maximum atomic E-state index is 13.5. The van der Waals surface area contributed by atoms with Crippen LogP contribution < -0.4 is 10.6 Å². The van der Waals surface area contributed by atoms with Gasteiger partial charge < -0.3 is 10.1 Å². The normalized spacial score (nSPS) is 29.6. The number of hydrogen-bond acceptors (Lipinski definition) is 6. The Morgan fingerprint density at radius 2 is 2.03 bits per heavy atom. The Morgan fingerprint density at radius 3 is 2.73 bits per heavy atom. The summed E-state index contributed by atoms with van der Waals surface area (Å²) in [6, 6.07) is 5.70. The Balaban J connectivity index is 1.77. The lowest BCUT2D eigenvalue weighted by atomic mass is 9.76. The number of hydrogen-bond donors (Lipinski definition) is 2. The molecule has 4 unspecified atom stereocenters. The molecule has 0 bridgehead atoms. The van der Waals surface area contributed by atoms with E-state index in [4.69, 9.17) is 4.74 Å². The van der Waals surface area contributed by atoms with Crippen molar-refractivity contribution in [2.45, 2.75) is 37.8 Å². The van der Waals surface area contributed by atoms with Crippen LogP contribution in [-0.4, -0.2) is 60.9 Å². The molecular formula is C22H29N3O4S. The molecule has 1 aromatic carbocycles. The molecule has 0 radical (unpaired) electrons. The lowest BCUT2D eigenvalue weighted by Crippen LogP contribution is -2.53. The summed E-state index contributed by atoms with van der Waals surface area (Å²) in [4.78, 5) is 41.6. The summed E-state index contributed by atoms with van der Waals surface area (Å²) < 4.78 is 5.09. The van der Waals surface area contributed by atoms with Gasteiger partial charge in [0.2, 0.25) is 17.7 Å². The maximum Gasteiger partial charge on any atom is 0.250 e. The number of nitrogens with zero attached hydrogens (tertiary/aromatic N) is 1. The van der Waals surface area contributed by atoms with E-state index in [9.17, 15) is 14.4 Å². The molecular weight excluding hydrogens is 402 g/mol. The summed E-state index contributed by atoms with van der Waals surface area (Å²) in [5.74, 6) is -1.02. The van der Waals surface area contributed by atoms with Crippen molar-refractivity contribution in [1.29, 1.82) is 0 Å². The molecule has 3 aliphatic heterocycles. The summed E-state index contributed by atoms with van der Waals surface area (Å²) in [5.41, 5.74) is 1.45. The number of nitrogens with one attached hydrogen (secondary N) is 2. The van der Waals surface area contributed by atoms with Gasteiger partial charge in [0.05, 0.1) is 11.8 Å². The fourth-order valence-electron chi connectivity index (χ4n) is 5.21. The molecule has 3 heterocycles. The van der Waals surface area contributed by atoms with Crippen LogP contribution in [0.5, 0.6) is 0 Å². The van der Waals surface area contributed by atoms with Crippen molar-refractivity contribution in [3.8, 4) is 0 Å². The van der Waals surface area contributed by atoms with Gasteiger partial charge in [-0.25, -0.2) is 0 Å². The number of benzene rings is 1. The van der Waals surface area contributed by atoms with Gasteiger partial charge in [-0.2, -0.15) is 11.8 Å². The van der Waals surface area contributed by atoms with Crippen molar-refractivity contribution in [2.24, 2.45) is 11.8 Å². The molecule has 8 heteroatoms. The second-order valence-corrected chi connectivity index (χ2v) is 9.19.